The monoisotopic (exact) mass is 558 g/mol. The fourth-order valence-corrected chi connectivity index (χ4v) is 3.34. The van der Waals surface area contributed by atoms with Crippen LogP contribution in [0.3, 0.4) is 0 Å². The van der Waals surface area contributed by atoms with Gasteiger partial charge in [-0.05, 0) is 35.4 Å². The summed E-state index contributed by atoms with van der Waals surface area (Å²) in [5.74, 6) is -8.82. The highest BCUT2D eigenvalue weighted by Gasteiger charge is 2.57. The lowest BCUT2D eigenvalue weighted by molar-refractivity contribution is -0.0639. The summed E-state index contributed by atoms with van der Waals surface area (Å²) in [7, 11) is 0. The Balaban J connectivity index is 2.20. The molecule has 2 rings (SSSR count). The zero-order chi connectivity index (χ0) is 25.6. The summed E-state index contributed by atoms with van der Waals surface area (Å²) in [4.78, 5) is 0. The number of anilines is 4. The van der Waals surface area contributed by atoms with Crippen molar-refractivity contribution >= 4 is 69.2 Å². The summed E-state index contributed by atoms with van der Waals surface area (Å²) in [5, 5.41) is 0. The van der Waals surface area contributed by atoms with E-state index in [0.29, 0.717) is 0 Å². The van der Waals surface area contributed by atoms with Gasteiger partial charge < -0.3 is 27.7 Å². The molecule has 0 saturated carbocycles. The minimum Gasteiger partial charge on any atom is -0.398 e. The van der Waals surface area contributed by atoms with E-state index in [4.69, 9.17) is 74.1 Å². The molecule has 0 radical (unpaired) electrons. The predicted octanol–water partition coefficient (Wildman–Crippen LogP) is 6.12. The summed E-state index contributed by atoms with van der Waals surface area (Å²) in [5.41, 5.74) is 18.1. The molecule has 2 aromatic rings. The maximum Gasteiger partial charge on any atom is 0.338 e. The van der Waals surface area contributed by atoms with Gasteiger partial charge in [0.2, 0.25) is 0 Å². The molecule has 0 amide bonds. The van der Waals surface area contributed by atoms with Crippen molar-refractivity contribution in [2.24, 2.45) is 0 Å². The zero-order valence-corrected chi connectivity index (χ0v) is 19.2. The van der Waals surface area contributed by atoms with Crippen molar-refractivity contribution in [1.82, 2.24) is 0 Å². The van der Waals surface area contributed by atoms with Crippen molar-refractivity contribution in [1.29, 1.82) is 0 Å². The molecule has 0 atom stereocenters. The van der Waals surface area contributed by atoms with Crippen LogP contribution >= 0.6 is 46.4 Å². The quantitative estimate of drug-likeness (QED) is 0.177. The molecule has 0 aliphatic rings. The second kappa shape index (κ2) is 9.18. The Bertz CT molecular complexity index is 916. The number of nitrogens with two attached hydrogens (primary N) is 4. The number of hydrogen-bond acceptors (Lipinski definition) is 5. The standard InChI is InChI=1S/C18H16Cl4F6N4O/c19-17(20,27)15(23,24)13-9(29)1-7(2-10(13)30)5-33-6-8-3-11(31)14(12(32)4-8)16(25,26)18(21,22)28/h1-4H,5-6,29-32H2. The van der Waals surface area contributed by atoms with Crippen molar-refractivity contribution in [3.63, 3.8) is 0 Å². The molecule has 0 spiro atoms. The van der Waals surface area contributed by atoms with Crippen LogP contribution in [0.25, 0.3) is 0 Å². The minimum absolute atomic E-state index is 0.203. The third-order valence-corrected chi connectivity index (χ3v) is 5.35. The van der Waals surface area contributed by atoms with Crippen LogP contribution in [0.2, 0.25) is 0 Å². The Labute approximate surface area is 203 Å². The number of nitrogen functional groups attached to an aromatic ring is 4. The van der Waals surface area contributed by atoms with E-state index in [1.165, 1.54) is 0 Å². The van der Waals surface area contributed by atoms with Gasteiger partial charge >= 0.3 is 21.0 Å². The predicted molar refractivity (Wildman–Crippen MR) is 118 cm³/mol. The summed E-state index contributed by atoms with van der Waals surface area (Å²) in [6.45, 7) is -0.505. The van der Waals surface area contributed by atoms with Crippen LogP contribution in [0, 0.1) is 0 Å². The average Bonchev–Trinajstić information content (AvgIpc) is 2.58. The van der Waals surface area contributed by atoms with Crippen LogP contribution in [0.5, 0.6) is 0 Å². The van der Waals surface area contributed by atoms with E-state index in [0.717, 1.165) is 24.3 Å². The van der Waals surface area contributed by atoms with Crippen molar-refractivity contribution in [2.45, 2.75) is 34.2 Å². The van der Waals surface area contributed by atoms with E-state index in [1.54, 1.807) is 0 Å². The Hall–Kier alpha value is -1.66. The van der Waals surface area contributed by atoms with Gasteiger partial charge in [-0.25, -0.2) is 8.78 Å². The molecule has 0 aromatic heterocycles. The first kappa shape index (κ1) is 27.6. The van der Waals surface area contributed by atoms with Crippen LogP contribution in [0.4, 0.5) is 49.1 Å². The molecular weight excluding hydrogens is 544 g/mol. The smallest absolute Gasteiger partial charge is 0.338 e. The molecule has 0 aliphatic carbocycles. The Kier molecular flexibility index (Phi) is 7.67. The lowest BCUT2D eigenvalue weighted by atomic mass is 10.0. The summed E-state index contributed by atoms with van der Waals surface area (Å²) < 4.78 is 80.8. The van der Waals surface area contributed by atoms with Gasteiger partial charge in [0.05, 0.1) is 24.3 Å². The summed E-state index contributed by atoms with van der Waals surface area (Å²) in [6.07, 6.45) is 0. The maximum absolute atomic E-state index is 14.1. The van der Waals surface area contributed by atoms with Crippen molar-refractivity contribution in [3.8, 4) is 0 Å². The van der Waals surface area contributed by atoms with Gasteiger partial charge in [-0.1, -0.05) is 46.4 Å². The van der Waals surface area contributed by atoms with Crippen molar-refractivity contribution in [3.05, 3.63) is 46.5 Å². The first-order valence-corrected chi connectivity index (χ1v) is 10.2. The van der Waals surface area contributed by atoms with Gasteiger partial charge in [-0.3, -0.25) is 0 Å². The normalized spacial score (nSPS) is 13.4. The number of ether oxygens (including phenoxy) is 1. The SMILES string of the molecule is Nc1cc(COCc2cc(N)c(C(F)(F)C(F)(Cl)Cl)c(N)c2)cc(N)c1C(F)(F)C(F)(Cl)Cl. The van der Waals surface area contributed by atoms with Crippen LogP contribution in [0.1, 0.15) is 22.3 Å². The molecule has 2 aromatic carbocycles. The van der Waals surface area contributed by atoms with Crippen LogP contribution in [-0.4, -0.2) is 9.17 Å². The van der Waals surface area contributed by atoms with Gasteiger partial charge in [-0.2, -0.15) is 17.6 Å². The number of rotatable bonds is 8. The fourth-order valence-electron chi connectivity index (χ4n) is 2.97. The number of hydrogen-bond donors (Lipinski definition) is 4. The second-order valence-corrected chi connectivity index (χ2v) is 9.41. The summed E-state index contributed by atoms with van der Waals surface area (Å²) >= 11 is 19.6. The Morgan fingerprint density at radius 2 is 0.818 bits per heavy atom. The fraction of sp³-hybridized carbons (Fsp3) is 0.333. The lowest BCUT2D eigenvalue weighted by Gasteiger charge is -2.26. The van der Waals surface area contributed by atoms with E-state index in [1.807, 2.05) is 0 Å². The van der Waals surface area contributed by atoms with E-state index >= 15 is 0 Å². The van der Waals surface area contributed by atoms with Gasteiger partial charge in [0, 0.05) is 22.7 Å². The van der Waals surface area contributed by atoms with Crippen LogP contribution in [-0.2, 0) is 29.8 Å². The van der Waals surface area contributed by atoms with Crippen LogP contribution < -0.4 is 22.9 Å². The Morgan fingerprint density at radius 1 is 0.576 bits per heavy atom. The van der Waals surface area contributed by atoms with Gasteiger partial charge in [0.15, 0.2) is 0 Å². The molecule has 8 N–H and O–H groups in total. The van der Waals surface area contributed by atoms with Crippen LogP contribution in [0.15, 0.2) is 24.3 Å². The first-order chi connectivity index (χ1) is 14.8. The maximum atomic E-state index is 14.1. The largest absolute Gasteiger partial charge is 0.398 e. The lowest BCUT2D eigenvalue weighted by Crippen LogP contribution is -2.33. The van der Waals surface area contributed by atoms with Gasteiger partial charge in [0.25, 0.3) is 0 Å². The summed E-state index contributed by atoms with van der Waals surface area (Å²) in [6, 6.07) is 4.14. The average molecular weight is 560 g/mol. The molecule has 0 fully saturated rings. The third-order valence-electron chi connectivity index (χ3n) is 4.40. The van der Waals surface area contributed by atoms with Crippen molar-refractivity contribution < 1.29 is 31.1 Å². The molecule has 184 valence electrons. The highest BCUT2D eigenvalue weighted by molar-refractivity contribution is 6.48. The number of benzene rings is 2. The molecule has 33 heavy (non-hydrogen) atoms. The minimum atomic E-state index is -4.41. The van der Waals surface area contributed by atoms with E-state index in [9.17, 15) is 26.3 Å². The second-order valence-electron chi connectivity index (χ2n) is 6.94. The van der Waals surface area contributed by atoms with Gasteiger partial charge in [-0.15, -0.1) is 0 Å². The molecule has 0 aliphatic heterocycles. The topological polar surface area (TPSA) is 113 Å². The van der Waals surface area contributed by atoms with Gasteiger partial charge in [0.1, 0.15) is 0 Å². The Morgan fingerprint density at radius 3 is 1.03 bits per heavy atom. The van der Waals surface area contributed by atoms with E-state index in [-0.39, 0.29) is 24.3 Å². The van der Waals surface area contributed by atoms with Crippen molar-refractivity contribution in [2.75, 3.05) is 22.9 Å². The molecule has 15 heteroatoms. The number of alkyl halides is 10. The third kappa shape index (κ3) is 5.54. The molecule has 0 heterocycles. The highest BCUT2D eigenvalue weighted by Crippen LogP contribution is 2.52. The first-order valence-electron chi connectivity index (χ1n) is 8.64. The molecule has 5 nitrogen and oxygen atoms in total. The van der Waals surface area contributed by atoms with E-state index in [2.05, 4.69) is 0 Å². The van der Waals surface area contributed by atoms with E-state index < -0.39 is 54.9 Å². The molecule has 0 saturated heterocycles. The number of halogens is 10. The molecular formula is C18H16Cl4F6N4O. The highest BCUT2D eigenvalue weighted by atomic mass is 35.5. The zero-order valence-electron chi connectivity index (χ0n) is 16.2. The molecule has 0 bridgehead atoms. The molecule has 0 unspecified atom stereocenters.